The zero-order chi connectivity index (χ0) is 15.4. The van der Waals surface area contributed by atoms with Gasteiger partial charge in [0.1, 0.15) is 0 Å². The Bertz CT molecular complexity index is 652. The molecule has 1 fully saturated rings. The van der Waals surface area contributed by atoms with E-state index in [1.165, 1.54) is 17.8 Å². The fraction of sp³-hybridized carbons (Fsp3) is 0.375. The first-order chi connectivity index (χ1) is 10.7. The number of hydrogen-bond donors (Lipinski definition) is 1. The fourth-order valence-electron chi connectivity index (χ4n) is 2.64. The maximum absolute atomic E-state index is 12.7. The molecule has 1 aliphatic rings. The van der Waals surface area contributed by atoms with Gasteiger partial charge in [-0.3, -0.25) is 4.79 Å². The number of nitrogens with zero attached hydrogens (tertiary/aromatic N) is 2. The van der Waals surface area contributed by atoms with Crippen molar-refractivity contribution in [1.29, 1.82) is 0 Å². The van der Waals surface area contributed by atoms with Crippen LogP contribution in [0.1, 0.15) is 34.5 Å². The van der Waals surface area contributed by atoms with Crippen LogP contribution in [0, 0.1) is 0 Å². The van der Waals surface area contributed by atoms with Crippen molar-refractivity contribution in [3.63, 3.8) is 0 Å². The molecule has 3 rings (SSSR count). The predicted octanol–water partition coefficient (Wildman–Crippen LogP) is 4.03. The molecule has 1 aromatic heterocycles. The van der Waals surface area contributed by atoms with Gasteiger partial charge in [0, 0.05) is 29.9 Å². The minimum absolute atomic E-state index is 0.116. The van der Waals surface area contributed by atoms with E-state index in [2.05, 4.69) is 10.3 Å². The number of thiazole rings is 1. The molecule has 4 nitrogen and oxygen atoms in total. The summed E-state index contributed by atoms with van der Waals surface area (Å²) in [5, 5.41) is 3.33. The smallest absolute Gasteiger partial charge is 0.255 e. The Hall–Kier alpha value is -1.59. The second kappa shape index (κ2) is 7.11. The van der Waals surface area contributed by atoms with E-state index in [0.29, 0.717) is 11.0 Å². The molecule has 2 aromatic rings. The highest BCUT2D eigenvalue weighted by molar-refractivity contribution is 7.15. The van der Waals surface area contributed by atoms with Crippen molar-refractivity contribution >= 4 is 34.5 Å². The van der Waals surface area contributed by atoms with E-state index in [4.69, 9.17) is 11.6 Å². The summed E-state index contributed by atoms with van der Waals surface area (Å²) in [6, 6.07) is 7.68. The summed E-state index contributed by atoms with van der Waals surface area (Å²) in [7, 11) is 0. The van der Waals surface area contributed by atoms with Crippen LogP contribution in [-0.2, 0) is 6.54 Å². The molecule has 0 atom stereocenters. The van der Waals surface area contributed by atoms with Crippen molar-refractivity contribution in [2.24, 2.45) is 0 Å². The normalized spacial score (nSPS) is 14.9. The number of rotatable bonds is 4. The molecule has 1 saturated heterocycles. The molecule has 0 aliphatic carbocycles. The van der Waals surface area contributed by atoms with Crippen molar-refractivity contribution < 1.29 is 4.79 Å². The Labute approximate surface area is 139 Å². The minimum Gasteiger partial charge on any atom is -0.379 e. The standard InChI is InChI=1S/C16H18ClN3OS/c17-16-19-11-12(22-16)10-18-14-7-3-2-6-13(14)15(21)20-8-4-1-5-9-20/h2-3,6-7,11,18H,1,4-5,8-10H2. The van der Waals surface area contributed by atoms with Gasteiger partial charge in [0.15, 0.2) is 4.47 Å². The summed E-state index contributed by atoms with van der Waals surface area (Å²) in [5.74, 6) is 0.116. The third-order valence-electron chi connectivity index (χ3n) is 3.78. The molecule has 0 radical (unpaired) electrons. The van der Waals surface area contributed by atoms with Crippen molar-refractivity contribution in [3.8, 4) is 0 Å². The summed E-state index contributed by atoms with van der Waals surface area (Å²) < 4.78 is 0.537. The Morgan fingerprint density at radius 2 is 2.05 bits per heavy atom. The Morgan fingerprint density at radius 1 is 1.27 bits per heavy atom. The predicted molar refractivity (Wildman–Crippen MR) is 90.6 cm³/mol. The first-order valence-corrected chi connectivity index (χ1v) is 8.66. The number of piperidine rings is 1. The number of likely N-dealkylation sites (tertiary alicyclic amines) is 1. The number of benzene rings is 1. The lowest BCUT2D eigenvalue weighted by molar-refractivity contribution is 0.0725. The largest absolute Gasteiger partial charge is 0.379 e. The van der Waals surface area contributed by atoms with Gasteiger partial charge in [-0.15, -0.1) is 11.3 Å². The van der Waals surface area contributed by atoms with Gasteiger partial charge in [0.25, 0.3) is 5.91 Å². The number of carbonyl (C=O) groups excluding carboxylic acids is 1. The van der Waals surface area contributed by atoms with Gasteiger partial charge < -0.3 is 10.2 Å². The van der Waals surface area contributed by atoms with Crippen molar-refractivity contribution in [3.05, 3.63) is 45.4 Å². The van der Waals surface area contributed by atoms with Crippen LogP contribution in [0.15, 0.2) is 30.5 Å². The number of anilines is 1. The van der Waals surface area contributed by atoms with Crippen molar-refractivity contribution in [1.82, 2.24) is 9.88 Å². The van der Waals surface area contributed by atoms with Gasteiger partial charge in [0.05, 0.1) is 12.1 Å². The van der Waals surface area contributed by atoms with E-state index in [-0.39, 0.29) is 5.91 Å². The van der Waals surface area contributed by atoms with Gasteiger partial charge in [0.2, 0.25) is 0 Å². The summed E-state index contributed by atoms with van der Waals surface area (Å²) in [6.07, 6.45) is 5.17. The van der Waals surface area contributed by atoms with Crippen LogP contribution in [-0.4, -0.2) is 28.9 Å². The number of halogens is 1. The molecule has 116 valence electrons. The van der Waals surface area contributed by atoms with Gasteiger partial charge in [-0.1, -0.05) is 23.7 Å². The molecule has 0 spiro atoms. The van der Waals surface area contributed by atoms with Crippen LogP contribution < -0.4 is 5.32 Å². The van der Waals surface area contributed by atoms with Gasteiger partial charge >= 0.3 is 0 Å². The molecule has 0 unspecified atom stereocenters. The molecule has 6 heteroatoms. The monoisotopic (exact) mass is 335 g/mol. The van der Waals surface area contributed by atoms with E-state index in [1.807, 2.05) is 29.2 Å². The lowest BCUT2D eigenvalue weighted by Crippen LogP contribution is -2.35. The minimum atomic E-state index is 0.116. The van der Waals surface area contributed by atoms with Crippen molar-refractivity contribution in [2.45, 2.75) is 25.8 Å². The lowest BCUT2D eigenvalue weighted by Gasteiger charge is -2.27. The van der Waals surface area contributed by atoms with E-state index >= 15 is 0 Å². The van der Waals surface area contributed by atoms with E-state index < -0.39 is 0 Å². The molecule has 1 aliphatic heterocycles. The highest BCUT2D eigenvalue weighted by Crippen LogP contribution is 2.23. The lowest BCUT2D eigenvalue weighted by atomic mass is 10.1. The zero-order valence-corrected chi connectivity index (χ0v) is 13.8. The Morgan fingerprint density at radius 3 is 2.77 bits per heavy atom. The molecule has 0 bridgehead atoms. The molecule has 1 N–H and O–H groups in total. The highest BCUT2D eigenvalue weighted by atomic mass is 35.5. The van der Waals surface area contributed by atoms with Crippen LogP contribution in [0.25, 0.3) is 0 Å². The summed E-state index contributed by atoms with van der Waals surface area (Å²) in [4.78, 5) is 19.7. The SMILES string of the molecule is O=C(c1ccccc1NCc1cnc(Cl)s1)N1CCCCC1. The topological polar surface area (TPSA) is 45.2 Å². The third-order valence-corrected chi connectivity index (χ3v) is 4.89. The van der Waals surface area contributed by atoms with Crippen LogP contribution in [0.3, 0.4) is 0 Å². The Kier molecular flexibility index (Phi) is 4.95. The number of hydrogen-bond acceptors (Lipinski definition) is 4. The van der Waals surface area contributed by atoms with Gasteiger partial charge in [-0.2, -0.15) is 0 Å². The first kappa shape index (κ1) is 15.3. The number of amides is 1. The maximum Gasteiger partial charge on any atom is 0.255 e. The van der Waals surface area contributed by atoms with Crippen LogP contribution in [0.4, 0.5) is 5.69 Å². The van der Waals surface area contributed by atoms with E-state index in [1.54, 1.807) is 6.20 Å². The average molecular weight is 336 g/mol. The van der Waals surface area contributed by atoms with Crippen molar-refractivity contribution in [2.75, 3.05) is 18.4 Å². The van der Waals surface area contributed by atoms with Crippen LogP contribution in [0.2, 0.25) is 4.47 Å². The quantitative estimate of drug-likeness (QED) is 0.917. The molecular weight excluding hydrogens is 318 g/mol. The second-order valence-corrected chi connectivity index (χ2v) is 7.03. The average Bonchev–Trinajstić information content (AvgIpc) is 2.99. The van der Waals surface area contributed by atoms with E-state index in [0.717, 1.165) is 42.1 Å². The van der Waals surface area contributed by atoms with E-state index in [9.17, 15) is 4.79 Å². The summed E-state index contributed by atoms with van der Waals surface area (Å²) in [5.41, 5.74) is 1.60. The number of nitrogens with one attached hydrogen (secondary N) is 1. The van der Waals surface area contributed by atoms with Gasteiger partial charge in [-0.05, 0) is 31.4 Å². The second-order valence-electron chi connectivity index (χ2n) is 5.33. The molecule has 22 heavy (non-hydrogen) atoms. The summed E-state index contributed by atoms with van der Waals surface area (Å²) in [6.45, 7) is 2.34. The molecule has 2 heterocycles. The number of carbonyl (C=O) groups is 1. The number of para-hydroxylation sites is 1. The van der Waals surface area contributed by atoms with Crippen LogP contribution in [0.5, 0.6) is 0 Å². The molecule has 1 aromatic carbocycles. The highest BCUT2D eigenvalue weighted by Gasteiger charge is 2.20. The third kappa shape index (κ3) is 3.59. The number of aromatic nitrogens is 1. The Balaban J connectivity index is 1.72. The fourth-order valence-corrected chi connectivity index (χ4v) is 3.56. The molecule has 0 saturated carbocycles. The van der Waals surface area contributed by atoms with Crippen LogP contribution >= 0.6 is 22.9 Å². The zero-order valence-electron chi connectivity index (χ0n) is 12.2. The first-order valence-electron chi connectivity index (χ1n) is 7.46. The van der Waals surface area contributed by atoms with Gasteiger partial charge in [-0.25, -0.2) is 4.98 Å². The molecule has 1 amide bonds. The molecular formula is C16H18ClN3OS. The summed E-state index contributed by atoms with van der Waals surface area (Å²) >= 11 is 7.29. The maximum atomic E-state index is 12.7.